The third kappa shape index (κ3) is 4.57. The standard InChI is InChI=1S/C23H24Cl2NO4P/c1-23(2)13-29-31(27,30-14-23)22(18-11-16(24)12-19(25)21(18)28-3)26-20-10-6-8-15-7-4-5-9-17(15)20/h4-12,22,26H,13-14H2,1-3H3/t22-/m0/s1. The van der Waals surface area contributed by atoms with Gasteiger partial charge in [0.25, 0.3) is 0 Å². The number of rotatable bonds is 5. The van der Waals surface area contributed by atoms with Crippen LogP contribution >= 0.6 is 30.8 Å². The zero-order chi connectivity index (χ0) is 22.2. The number of methoxy groups -OCH3 is 1. The van der Waals surface area contributed by atoms with Crippen molar-refractivity contribution in [2.75, 3.05) is 25.6 Å². The Morgan fingerprint density at radius 1 is 1.06 bits per heavy atom. The van der Waals surface area contributed by atoms with Crippen LogP contribution in [0.15, 0.2) is 54.6 Å². The summed E-state index contributed by atoms with van der Waals surface area (Å²) in [4.78, 5) is 0. The first-order valence-electron chi connectivity index (χ1n) is 9.88. The highest BCUT2D eigenvalue weighted by Crippen LogP contribution is 2.65. The maximum Gasteiger partial charge on any atom is 0.357 e. The fourth-order valence-electron chi connectivity index (χ4n) is 3.58. The van der Waals surface area contributed by atoms with Crippen LogP contribution < -0.4 is 10.1 Å². The van der Waals surface area contributed by atoms with Crippen molar-refractivity contribution in [2.45, 2.75) is 19.6 Å². The van der Waals surface area contributed by atoms with Gasteiger partial charge in [0.1, 0.15) is 5.75 Å². The molecule has 0 aliphatic carbocycles. The van der Waals surface area contributed by atoms with Gasteiger partial charge in [0.15, 0.2) is 5.78 Å². The quantitative estimate of drug-likeness (QED) is 0.383. The minimum Gasteiger partial charge on any atom is -0.495 e. The van der Waals surface area contributed by atoms with Crippen molar-refractivity contribution in [3.05, 3.63) is 70.2 Å². The summed E-state index contributed by atoms with van der Waals surface area (Å²) in [5.41, 5.74) is 1.05. The van der Waals surface area contributed by atoms with E-state index in [1.54, 1.807) is 12.1 Å². The summed E-state index contributed by atoms with van der Waals surface area (Å²) in [6, 6.07) is 17.1. The summed E-state index contributed by atoms with van der Waals surface area (Å²) in [6.45, 7) is 4.60. The lowest BCUT2D eigenvalue weighted by atomic mass is 9.97. The van der Waals surface area contributed by atoms with Crippen LogP contribution in [0.25, 0.3) is 10.8 Å². The average Bonchev–Trinajstić information content (AvgIpc) is 2.74. The summed E-state index contributed by atoms with van der Waals surface area (Å²) in [5.74, 6) is -0.503. The molecule has 5 nitrogen and oxygen atoms in total. The SMILES string of the molecule is COc1c(Cl)cc(Cl)cc1[C@@H](Nc1cccc2ccccc12)P1(=O)OCC(C)(C)CO1. The summed E-state index contributed by atoms with van der Waals surface area (Å²) >= 11 is 12.7. The minimum atomic E-state index is -3.66. The van der Waals surface area contributed by atoms with Crippen LogP contribution in [0.1, 0.15) is 25.2 Å². The van der Waals surface area contributed by atoms with E-state index in [0.29, 0.717) is 34.6 Å². The molecule has 3 aromatic rings. The van der Waals surface area contributed by atoms with Gasteiger partial charge in [-0.25, -0.2) is 0 Å². The molecule has 4 rings (SSSR count). The van der Waals surface area contributed by atoms with Gasteiger partial charge in [-0.3, -0.25) is 4.57 Å². The monoisotopic (exact) mass is 479 g/mol. The van der Waals surface area contributed by atoms with Gasteiger partial charge in [-0.2, -0.15) is 0 Å². The Balaban J connectivity index is 1.85. The van der Waals surface area contributed by atoms with E-state index in [-0.39, 0.29) is 5.41 Å². The highest BCUT2D eigenvalue weighted by atomic mass is 35.5. The highest BCUT2D eigenvalue weighted by Gasteiger charge is 2.45. The topological polar surface area (TPSA) is 56.8 Å². The van der Waals surface area contributed by atoms with Crippen LogP contribution in [0.5, 0.6) is 5.75 Å². The Morgan fingerprint density at radius 2 is 1.74 bits per heavy atom. The van der Waals surface area contributed by atoms with E-state index in [4.69, 9.17) is 37.0 Å². The molecule has 1 atom stereocenters. The van der Waals surface area contributed by atoms with E-state index in [2.05, 4.69) is 5.32 Å². The Bertz CT molecular complexity index is 1150. The zero-order valence-corrected chi connectivity index (χ0v) is 19.9. The number of anilines is 1. The van der Waals surface area contributed by atoms with Gasteiger partial charge in [0.2, 0.25) is 0 Å². The minimum absolute atomic E-state index is 0.242. The van der Waals surface area contributed by atoms with E-state index in [1.807, 2.05) is 56.3 Å². The average molecular weight is 480 g/mol. The summed E-state index contributed by atoms with van der Waals surface area (Å²) in [5, 5.41) is 6.14. The molecular formula is C23H24Cl2NO4P. The van der Waals surface area contributed by atoms with Crippen molar-refractivity contribution in [1.82, 2.24) is 0 Å². The van der Waals surface area contributed by atoms with Gasteiger partial charge < -0.3 is 19.1 Å². The summed E-state index contributed by atoms with van der Waals surface area (Å²) in [7, 11) is -2.15. The molecular weight excluding hydrogens is 456 g/mol. The Hall–Kier alpha value is -1.75. The van der Waals surface area contributed by atoms with E-state index in [9.17, 15) is 4.57 Å². The molecule has 31 heavy (non-hydrogen) atoms. The van der Waals surface area contributed by atoms with Gasteiger partial charge >= 0.3 is 7.60 Å². The van der Waals surface area contributed by atoms with Crippen molar-refractivity contribution < 1.29 is 18.3 Å². The molecule has 0 amide bonds. The maximum atomic E-state index is 14.0. The molecule has 0 radical (unpaired) electrons. The first kappa shape index (κ1) is 22.4. The number of halogens is 2. The van der Waals surface area contributed by atoms with Gasteiger partial charge in [-0.05, 0) is 23.6 Å². The van der Waals surface area contributed by atoms with E-state index < -0.39 is 13.4 Å². The van der Waals surface area contributed by atoms with Crippen LogP contribution in [-0.4, -0.2) is 20.3 Å². The first-order chi connectivity index (χ1) is 14.7. The summed E-state index contributed by atoms with van der Waals surface area (Å²) in [6.07, 6.45) is 0. The maximum absolute atomic E-state index is 14.0. The second-order valence-corrected chi connectivity index (χ2v) is 11.3. The van der Waals surface area contributed by atoms with Gasteiger partial charge in [0.05, 0.1) is 25.3 Å². The van der Waals surface area contributed by atoms with Crippen LogP contribution in [0, 0.1) is 5.41 Å². The van der Waals surface area contributed by atoms with Gasteiger partial charge in [-0.15, -0.1) is 0 Å². The molecule has 1 fully saturated rings. The Labute approximate surface area is 192 Å². The lowest BCUT2D eigenvalue weighted by Gasteiger charge is -2.38. The van der Waals surface area contributed by atoms with E-state index in [1.165, 1.54) is 7.11 Å². The molecule has 1 N–H and O–H groups in total. The fraction of sp³-hybridized carbons (Fsp3) is 0.304. The largest absolute Gasteiger partial charge is 0.495 e. The molecule has 8 heteroatoms. The normalized spacial score (nSPS) is 18.5. The fourth-order valence-corrected chi connectivity index (χ4v) is 6.43. The molecule has 0 unspecified atom stereocenters. The number of nitrogens with one attached hydrogen (secondary N) is 1. The number of hydrogen-bond acceptors (Lipinski definition) is 5. The third-order valence-corrected chi connectivity index (χ3v) is 7.72. The third-order valence-electron chi connectivity index (χ3n) is 5.20. The molecule has 1 aliphatic heterocycles. The van der Waals surface area contributed by atoms with E-state index in [0.717, 1.165) is 16.5 Å². The van der Waals surface area contributed by atoms with Gasteiger partial charge in [-0.1, -0.05) is 73.4 Å². The van der Waals surface area contributed by atoms with Crippen LogP contribution in [0.2, 0.25) is 10.0 Å². The van der Waals surface area contributed by atoms with Crippen molar-refractivity contribution in [3.63, 3.8) is 0 Å². The predicted octanol–water partition coefficient (Wildman–Crippen LogP) is 7.53. The molecule has 1 saturated heterocycles. The summed E-state index contributed by atoms with van der Waals surface area (Å²) < 4.78 is 31.3. The Kier molecular flexibility index (Phi) is 6.26. The van der Waals surface area contributed by atoms with Crippen molar-refractivity contribution >= 4 is 47.3 Å². The van der Waals surface area contributed by atoms with Crippen LogP contribution in [-0.2, 0) is 13.6 Å². The lowest BCUT2D eigenvalue weighted by molar-refractivity contribution is 0.0387. The second kappa shape index (κ2) is 8.65. The number of fused-ring (bicyclic) bond motifs is 1. The second-order valence-electron chi connectivity index (χ2n) is 8.33. The van der Waals surface area contributed by atoms with Crippen LogP contribution in [0.4, 0.5) is 5.69 Å². The zero-order valence-electron chi connectivity index (χ0n) is 17.5. The van der Waals surface area contributed by atoms with Crippen molar-refractivity contribution in [1.29, 1.82) is 0 Å². The molecule has 3 aromatic carbocycles. The first-order valence-corrected chi connectivity index (χ1v) is 12.3. The molecule has 1 aliphatic rings. The molecule has 0 bridgehead atoms. The van der Waals surface area contributed by atoms with Crippen molar-refractivity contribution in [2.24, 2.45) is 5.41 Å². The highest BCUT2D eigenvalue weighted by molar-refractivity contribution is 7.54. The molecule has 0 aromatic heterocycles. The van der Waals surface area contributed by atoms with Crippen molar-refractivity contribution in [3.8, 4) is 5.75 Å². The molecule has 0 saturated carbocycles. The molecule has 1 heterocycles. The number of benzene rings is 3. The number of ether oxygens (including phenoxy) is 1. The molecule has 164 valence electrons. The molecule has 0 spiro atoms. The Morgan fingerprint density at radius 3 is 2.45 bits per heavy atom. The predicted molar refractivity (Wildman–Crippen MR) is 127 cm³/mol. The lowest BCUT2D eigenvalue weighted by Crippen LogP contribution is -2.32. The smallest absolute Gasteiger partial charge is 0.357 e. The van der Waals surface area contributed by atoms with E-state index >= 15 is 0 Å². The van der Waals surface area contributed by atoms with Crippen LogP contribution in [0.3, 0.4) is 0 Å². The van der Waals surface area contributed by atoms with Gasteiger partial charge in [0, 0.05) is 27.1 Å². The number of hydrogen-bond donors (Lipinski definition) is 1.